The lowest BCUT2D eigenvalue weighted by molar-refractivity contribution is -0.123. The molecule has 0 fully saturated rings. The van der Waals surface area contributed by atoms with Crippen LogP contribution in [0.4, 0.5) is 0 Å². The zero-order valence-corrected chi connectivity index (χ0v) is 13.8. The first-order chi connectivity index (χ1) is 10.8. The standard InChI is InChI=1S/C19H23NO3/c1-14-4-10-17(11-5-14)23-13-18(21)20-12-15-6-8-16(9-7-15)19(2,3)22/h4-11,22H,12-13H2,1-3H3,(H,20,21). The molecule has 2 aromatic carbocycles. The maximum Gasteiger partial charge on any atom is 0.258 e. The average molecular weight is 313 g/mol. The monoisotopic (exact) mass is 313 g/mol. The Morgan fingerprint density at radius 1 is 1.09 bits per heavy atom. The van der Waals surface area contributed by atoms with Crippen molar-refractivity contribution in [3.8, 4) is 5.75 Å². The van der Waals surface area contributed by atoms with E-state index in [0.717, 1.165) is 16.7 Å². The highest BCUT2D eigenvalue weighted by Crippen LogP contribution is 2.19. The smallest absolute Gasteiger partial charge is 0.258 e. The summed E-state index contributed by atoms with van der Waals surface area (Å²) in [5.74, 6) is 0.511. The molecule has 0 aliphatic heterocycles. The van der Waals surface area contributed by atoms with Crippen LogP contribution in [0.2, 0.25) is 0 Å². The van der Waals surface area contributed by atoms with Gasteiger partial charge in [0.05, 0.1) is 5.60 Å². The molecule has 0 saturated heterocycles. The summed E-state index contributed by atoms with van der Waals surface area (Å²) in [5.41, 5.74) is 2.11. The predicted molar refractivity (Wildman–Crippen MR) is 90.2 cm³/mol. The highest BCUT2D eigenvalue weighted by atomic mass is 16.5. The Balaban J connectivity index is 1.79. The van der Waals surface area contributed by atoms with Crippen molar-refractivity contribution in [1.29, 1.82) is 0 Å². The fraction of sp³-hybridized carbons (Fsp3) is 0.316. The summed E-state index contributed by atoms with van der Waals surface area (Å²) in [6, 6.07) is 15.1. The van der Waals surface area contributed by atoms with Gasteiger partial charge in [0.2, 0.25) is 0 Å². The molecule has 0 saturated carbocycles. The van der Waals surface area contributed by atoms with E-state index in [1.807, 2.05) is 55.5 Å². The van der Waals surface area contributed by atoms with E-state index >= 15 is 0 Å². The molecular formula is C19H23NO3. The molecule has 4 nitrogen and oxygen atoms in total. The van der Waals surface area contributed by atoms with Crippen molar-refractivity contribution in [2.24, 2.45) is 0 Å². The van der Waals surface area contributed by atoms with Gasteiger partial charge in [-0.05, 0) is 44.0 Å². The van der Waals surface area contributed by atoms with Crippen LogP contribution in [0.15, 0.2) is 48.5 Å². The molecule has 122 valence electrons. The van der Waals surface area contributed by atoms with Crippen molar-refractivity contribution in [2.45, 2.75) is 32.9 Å². The lowest BCUT2D eigenvalue weighted by Crippen LogP contribution is -2.28. The van der Waals surface area contributed by atoms with Gasteiger partial charge < -0.3 is 15.2 Å². The van der Waals surface area contributed by atoms with Gasteiger partial charge >= 0.3 is 0 Å². The van der Waals surface area contributed by atoms with E-state index in [2.05, 4.69) is 5.32 Å². The minimum atomic E-state index is -0.857. The van der Waals surface area contributed by atoms with Gasteiger partial charge in [0, 0.05) is 6.54 Å². The van der Waals surface area contributed by atoms with Crippen molar-refractivity contribution >= 4 is 5.91 Å². The second-order valence-corrected chi connectivity index (χ2v) is 6.13. The van der Waals surface area contributed by atoms with Crippen LogP contribution >= 0.6 is 0 Å². The number of amides is 1. The number of hydrogen-bond donors (Lipinski definition) is 2. The molecule has 23 heavy (non-hydrogen) atoms. The lowest BCUT2D eigenvalue weighted by atomic mass is 9.97. The maximum atomic E-state index is 11.8. The third-order valence-corrected chi connectivity index (χ3v) is 3.54. The summed E-state index contributed by atoms with van der Waals surface area (Å²) >= 11 is 0. The SMILES string of the molecule is Cc1ccc(OCC(=O)NCc2ccc(C(C)(C)O)cc2)cc1. The molecule has 0 heterocycles. The summed E-state index contributed by atoms with van der Waals surface area (Å²) in [7, 11) is 0. The van der Waals surface area contributed by atoms with E-state index in [0.29, 0.717) is 12.3 Å². The second kappa shape index (κ2) is 7.29. The Hall–Kier alpha value is -2.33. The van der Waals surface area contributed by atoms with Crippen LogP contribution in [0.1, 0.15) is 30.5 Å². The molecule has 2 rings (SSSR count). The summed E-state index contributed by atoms with van der Waals surface area (Å²) in [5, 5.41) is 12.7. The van der Waals surface area contributed by atoms with Gasteiger partial charge in [-0.3, -0.25) is 4.79 Å². The number of nitrogens with one attached hydrogen (secondary N) is 1. The van der Waals surface area contributed by atoms with Crippen LogP contribution in [0.3, 0.4) is 0 Å². The minimum Gasteiger partial charge on any atom is -0.484 e. The third-order valence-electron chi connectivity index (χ3n) is 3.54. The Labute approximate surface area is 137 Å². The molecule has 0 aliphatic carbocycles. The van der Waals surface area contributed by atoms with Crippen LogP contribution in [-0.2, 0) is 16.9 Å². The number of rotatable bonds is 6. The van der Waals surface area contributed by atoms with Crippen LogP contribution in [0.25, 0.3) is 0 Å². The number of aryl methyl sites for hydroxylation is 1. The van der Waals surface area contributed by atoms with Crippen molar-refractivity contribution in [3.63, 3.8) is 0 Å². The highest BCUT2D eigenvalue weighted by molar-refractivity contribution is 5.77. The van der Waals surface area contributed by atoms with Crippen molar-refractivity contribution < 1.29 is 14.6 Å². The highest BCUT2D eigenvalue weighted by Gasteiger charge is 2.15. The molecule has 0 radical (unpaired) electrons. The van der Waals surface area contributed by atoms with Gasteiger partial charge in [-0.15, -0.1) is 0 Å². The summed E-state index contributed by atoms with van der Waals surface area (Å²) in [6.45, 7) is 5.91. The number of carbonyl (C=O) groups excluding carboxylic acids is 1. The van der Waals surface area contributed by atoms with Crippen LogP contribution < -0.4 is 10.1 Å². The molecular weight excluding hydrogens is 290 g/mol. The van der Waals surface area contributed by atoms with Crippen LogP contribution in [0.5, 0.6) is 5.75 Å². The average Bonchev–Trinajstić information content (AvgIpc) is 2.52. The zero-order chi connectivity index (χ0) is 16.9. The molecule has 0 unspecified atom stereocenters. The van der Waals surface area contributed by atoms with E-state index in [1.165, 1.54) is 0 Å². The van der Waals surface area contributed by atoms with E-state index in [4.69, 9.17) is 4.74 Å². The van der Waals surface area contributed by atoms with Gasteiger partial charge in [0.25, 0.3) is 5.91 Å². The molecule has 0 atom stereocenters. The second-order valence-electron chi connectivity index (χ2n) is 6.13. The van der Waals surface area contributed by atoms with Crippen LogP contribution in [-0.4, -0.2) is 17.6 Å². The normalized spacial score (nSPS) is 11.1. The Kier molecular flexibility index (Phi) is 5.40. The molecule has 0 spiro atoms. The molecule has 0 aliphatic rings. The van der Waals surface area contributed by atoms with Gasteiger partial charge in [0.1, 0.15) is 5.75 Å². The number of benzene rings is 2. The summed E-state index contributed by atoms with van der Waals surface area (Å²) in [4.78, 5) is 11.8. The van der Waals surface area contributed by atoms with E-state index in [9.17, 15) is 9.90 Å². The summed E-state index contributed by atoms with van der Waals surface area (Å²) in [6.07, 6.45) is 0. The van der Waals surface area contributed by atoms with Crippen molar-refractivity contribution in [3.05, 3.63) is 65.2 Å². The summed E-state index contributed by atoms with van der Waals surface area (Å²) < 4.78 is 5.43. The van der Waals surface area contributed by atoms with Crippen molar-refractivity contribution in [1.82, 2.24) is 5.32 Å². The van der Waals surface area contributed by atoms with Crippen LogP contribution in [0, 0.1) is 6.92 Å². The van der Waals surface area contributed by atoms with Gasteiger partial charge in [0.15, 0.2) is 6.61 Å². The van der Waals surface area contributed by atoms with Gasteiger partial charge in [-0.1, -0.05) is 42.0 Å². The Morgan fingerprint density at radius 3 is 2.26 bits per heavy atom. The molecule has 1 amide bonds. The van der Waals surface area contributed by atoms with E-state index in [1.54, 1.807) is 13.8 Å². The molecule has 0 bridgehead atoms. The van der Waals surface area contributed by atoms with Gasteiger partial charge in [-0.25, -0.2) is 0 Å². The third kappa shape index (κ3) is 5.42. The predicted octanol–water partition coefficient (Wildman–Crippen LogP) is 2.92. The molecule has 2 N–H and O–H groups in total. The number of hydrogen-bond acceptors (Lipinski definition) is 3. The van der Waals surface area contributed by atoms with E-state index in [-0.39, 0.29) is 12.5 Å². The largest absolute Gasteiger partial charge is 0.484 e. The van der Waals surface area contributed by atoms with Gasteiger partial charge in [-0.2, -0.15) is 0 Å². The zero-order valence-electron chi connectivity index (χ0n) is 13.8. The molecule has 4 heteroatoms. The van der Waals surface area contributed by atoms with E-state index < -0.39 is 5.60 Å². The minimum absolute atomic E-state index is 0.00911. The Morgan fingerprint density at radius 2 is 1.70 bits per heavy atom. The number of ether oxygens (including phenoxy) is 1. The lowest BCUT2D eigenvalue weighted by Gasteiger charge is -2.18. The first-order valence-electron chi connectivity index (χ1n) is 7.62. The quantitative estimate of drug-likeness (QED) is 0.862. The number of carbonyl (C=O) groups is 1. The fourth-order valence-corrected chi connectivity index (χ4v) is 2.07. The molecule has 0 aromatic heterocycles. The first-order valence-corrected chi connectivity index (χ1v) is 7.62. The number of aliphatic hydroxyl groups is 1. The topological polar surface area (TPSA) is 58.6 Å². The first kappa shape index (κ1) is 17.0. The maximum absolute atomic E-state index is 11.8. The Bertz CT molecular complexity index is 640. The fourth-order valence-electron chi connectivity index (χ4n) is 2.07. The molecule has 2 aromatic rings. The van der Waals surface area contributed by atoms with Crippen molar-refractivity contribution in [2.75, 3.05) is 6.61 Å².